The first-order valence-electron chi connectivity index (χ1n) is 8.65. The fourth-order valence-electron chi connectivity index (χ4n) is 3.64. The number of rotatable bonds is 5. The summed E-state index contributed by atoms with van der Waals surface area (Å²) in [7, 11) is 2.16. The van der Waals surface area contributed by atoms with Crippen molar-refractivity contribution in [2.24, 2.45) is 0 Å². The molecule has 1 atom stereocenters. The molecule has 1 saturated carbocycles. The summed E-state index contributed by atoms with van der Waals surface area (Å²) in [5.74, 6) is 0. The number of thiazole rings is 1. The number of aromatic nitrogens is 1. The van der Waals surface area contributed by atoms with Gasteiger partial charge in [-0.3, -0.25) is 4.90 Å². The molecule has 0 spiro atoms. The molecule has 23 heavy (non-hydrogen) atoms. The molecule has 2 aliphatic heterocycles. The highest BCUT2D eigenvalue weighted by Crippen LogP contribution is 2.32. The molecular formula is C16H25N5OS. The van der Waals surface area contributed by atoms with E-state index in [-0.39, 0.29) is 6.03 Å². The van der Waals surface area contributed by atoms with E-state index in [2.05, 4.69) is 27.5 Å². The van der Waals surface area contributed by atoms with E-state index in [1.54, 1.807) is 11.3 Å². The van der Waals surface area contributed by atoms with Gasteiger partial charge in [-0.15, -0.1) is 11.3 Å². The zero-order chi connectivity index (χ0) is 15.8. The van der Waals surface area contributed by atoms with E-state index in [0.717, 1.165) is 50.7 Å². The van der Waals surface area contributed by atoms with Crippen molar-refractivity contribution in [2.45, 2.75) is 44.3 Å². The van der Waals surface area contributed by atoms with E-state index < -0.39 is 0 Å². The van der Waals surface area contributed by atoms with Gasteiger partial charge in [-0.1, -0.05) is 0 Å². The van der Waals surface area contributed by atoms with E-state index in [4.69, 9.17) is 4.98 Å². The van der Waals surface area contributed by atoms with Crippen LogP contribution in [0.4, 0.5) is 9.93 Å². The molecule has 1 aromatic rings. The van der Waals surface area contributed by atoms with Gasteiger partial charge in [0.1, 0.15) is 0 Å². The summed E-state index contributed by atoms with van der Waals surface area (Å²) < 4.78 is 0. The van der Waals surface area contributed by atoms with Gasteiger partial charge in [0.2, 0.25) is 0 Å². The van der Waals surface area contributed by atoms with Crippen LogP contribution in [0.15, 0.2) is 5.38 Å². The molecule has 2 amide bonds. The van der Waals surface area contributed by atoms with E-state index in [9.17, 15) is 4.79 Å². The number of carbonyl (C=O) groups excluding carboxylic acids is 1. The Morgan fingerprint density at radius 2 is 2.26 bits per heavy atom. The fourth-order valence-corrected chi connectivity index (χ4v) is 4.50. The lowest BCUT2D eigenvalue weighted by atomic mass is 10.0. The van der Waals surface area contributed by atoms with Gasteiger partial charge in [0.15, 0.2) is 5.13 Å². The smallest absolute Gasteiger partial charge is 0.317 e. The summed E-state index contributed by atoms with van der Waals surface area (Å²) in [6.45, 7) is 4.62. The molecule has 3 heterocycles. The van der Waals surface area contributed by atoms with Gasteiger partial charge in [0.05, 0.1) is 5.69 Å². The SMILES string of the molecule is CN(c1nc(CN2CCC[C@H](N3CCNC3=O)C2)cs1)C1CC1. The molecule has 126 valence electrons. The molecule has 2 saturated heterocycles. The first kappa shape index (κ1) is 15.2. The molecule has 0 aromatic carbocycles. The van der Waals surface area contributed by atoms with Crippen LogP contribution < -0.4 is 10.2 Å². The highest BCUT2D eigenvalue weighted by molar-refractivity contribution is 7.13. The third-order valence-corrected chi connectivity index (χ3v) is 6.11. The quantitative estimate of drug-likeness (QED) is 0.890. The number of amides is 2. The van der Waals surface area contributed by atoms with Crippen molar-refractivity contribution >= 4 is 22.5 Å². The molecule has 0 bridgehead atoms. The lowest BCUT2D eigenvalue weighted by Gasteiger charge is -2.36. The molecule has 3 fully saturated rings. The highest BCUT2D eigenvalue weighted by Gasteiger charge is 2.32. The van der Waals surface area contributed by atoms with Crippen LogP contribution in [0.5, 0.6) is 0 Å². The monoisotopic (exact) mass is 335 g/mol. The molecule has 4 rings (SSSR count). The summed E-state index contributed by atoms with van der Waals surface area (Å²) in [5.41, 5.74) is 1.17. The lowest BCUT2D eigenvalue weighted by Crippen LogP contribution is -2.48. The zero-order valence-electron chi connectivity index (χ0n) is 13.7. The summed E-state index contributed by atoms with van der Waals surface area (Å²) in [6.07, 6.45) is 4.89. The Labute approximate surface area is 141 Å². The molecule has 0 unspecified atom stereocenters. The second-order valence-electron chi connectivity index (χ2n) is 6.92. The molecular weight excluding hydrogens is 310 g/mol. The highest BCUT2D eigenvalue weighted by atomic mass is 32.1. The van der Waals surface area contributed by atoms with Crippen molar-refractivity contribution in [1.82, 2.24) is 20.1 Å². The van der Waals surface area contributed by atoms with Crippen molar-refractivity contribution in [3.05, 3.63) is 11.1 Å². The number of nitrogens with zero attached hydrogens (tertiary/aromatic N) is 4. The Kier molecular flexibility index (Phi) is 4.15. The topological polar surface area (TPSA) is 51.7 Å². The van der Waals surface area contributed by atoms with Gasteiger partial charge in [0, 0.05) is 50.7 Å². The molecule has 0 radical (unpaired) electrons. The van der Waals surface area contributed by atoms with E-state index in [1.807, 2.05) is 4.90 Å². The van der Waals surface area contributed by atoms with Crippen LogP contribution in [-0.4, -0.2) is 66.1 Å². The molecule has 1 aliphatic carbocycles. The molecule has 6 nitrogen and oxygen atoms in total. The summed E-state index contributed by atoms with van der Waals surface area (Å²) in [6, 6.07) is 1.18. The van der Waals surface area contributed by atoms with Crippen molar-refractivity contribution in [3.8, 4) is 0 Å². The predicted octanol–water partition coefficient (Wildman–Crippen LogP) is 1.73. The number of anilines is 1. The third-order valence-electron chi connectivity index (χ3n) is 5.13. The Hall–Kier alpha value is -1.34. The third kappa shape index (κ3) is 3.30. The van der Waals surface area contributed by atoms with Crippen LogP contribution in [0, 0.1) is 0 Å². The maximum Gasteiger partial charge on any atom is 0.317 e. The molecule has 1 aromatic heterocycles. The average Bonchev–Trinajstić information content (AvgIpc) is 3.16. The molecule has 1 N–H and O–H groups in total. The van der Waals surface area contributed by atoms with Crippen LogP contribution in [0.2, 0.25) is 0 Å². The first-order chi connectivity index (χ1) is 11.2. The van der Waals surface area contributed by atoms with Gasteiger partial charge in [-0.2, -0.15) is 0 Å². The van der Waals surface area contributed by atoms with E-state index in [0.29, 0.717) is 12.1 Å². The Bertz CT molecular complexity index is 573. The van der Waals surface area contributed by atoms with Crippen LogP contribution in [0.3, 0.4) is 0 Å². The van der Waals surface area contributed by atoms with Gasteiger partial charge in [-0.05, 0) is 32.2 Å². The maximum absolute atomic E-state index is 11.9. The van der Waals surface area contributed by atoms with Crippen molar-refractivity contribution < 1.29 is 4.79 Å². The Morgan fingerprint density at radius 3 is 3.00 bits per heavy atom. The molecule has 7 heteroatoms. The lowest BCUT2D eigenvalue weighted by molar-refractivity contribution is 0.121. The van der Waals surface area contributed by atoms with Crippen molar-refractivity contribution in [3.63, 3.8) is 0 Å². The number of hydrogen-bond donors (Lipinski definition) is 1. The fraction of sp³-hybridized carbons (Fsp3) is 0.750. The summed E-state index contributed by atoms with van der Waals surface area (Å²) in [4.78, 5) is 23.5. The normalized spacial score (nSPS) is 25.7. The van der Waals surface area contributed by atoms with Gasteiger partial charge < -0.3 is 15.1 Å². The van der Waals surface area contributed by atoms with E-state index >= 15 is 0 Å². The largest absolute Gasteiger partial charge is 0.348 e. The van der Waals surface area contributed by atoms with Crippen molar-refractivity contribution in [2.75, 3.05) is 38.1 Å². The van der Waals surface area contributed by atoms with Crippen molar-refractivity contribution in [1.29, 1.82) is 0 Å². The van der Waals surface area contributed by atoms with E-state index in [1.165, 1.54) is 18.5 Å². The Morgan fingerprint density at radius 1 is 1.39 bits per heavy atom. The minimum atomic E-state index is 0.110. The first-order valence-corrected chi connectivity index (χ1v) is 9.53. The minimum Gasteiger partial charge on any atom is -0.348 e. The van der Waals surface area contributed by atoms with Gasteiger partial charge in [-0.25, -0.2) is 9.78 Å². The molecule has 3 aliphatic rings. The van der Waals surface area contributed by atoms with Crippen LogP contribution >= 0.6 is 11.3 Å². The predicted molar refractivity (Wildman–Crippen MR) is 91.9 cm³/mol. The van der Waals surface area contributed by atoms with Crippen LogP contribution in [-0.2, 0) is 6.54 Å². The number of carbonyl (C=O) groups is 1. The second-order valence-corrected chi connectivity index (χ2v) is 7.76. The van der Waals surface area contributed by atoms with Gasteiger partial charge >= 0.3 is 6.03 Å². The number of hydrogen-bond acceptors (Lipinski definition) is 5. The van der Waals surface area contributed by atoms with Gasteiger partial charge in [0.25, 0.3) is 0 Å². The second kappa shape index (κ2) is 6.28. The van der Waals surface area contributed by atoms with Crippen LogP contribution in [0.1, 0.15) is 31.4 Å². The maximum atomic E-state index is 11.9. The average molecular weight is 335 g/mol. The standard InChI is InChI=1S/C16H25N5OS/c1-19(13-4-5-13)16-18-12(11-23-16)9-20-7-2-3-14(10-20)21-8-6-17-15(21)22/h11,13-14H,2-10H2,1H3,(H,17,22)/t14-/m0/s1. The zero-order valence-corrected chi connectivity index (χ0v) is 14.5. The minimum absolute atomic E-state index is 0.110. The Balaban J connectivity index is 1.35. The number of urea groups is 1. The number of piperidine rings is 1. The number of nitrogens with one attached hydrogen (secondary N) is 1. The van der Waals surface area contributed by atoms with Crippen LogP contribution in [0.25, 0.3) is 0 Å². The summed E-state index contributed by atoms with van der Waals surface area (Å²) >= 11 is 1.75. The number of likely N-dealkylation sites (tertiary alicyclic amines) is 1. The summed E-state index contributed by atoms with van der Waals surface area (Å²) in [5, 5.41) is 6.26.